The number of benzene rings is 2. The Morgan fingerprint density at radius 1 is 0.842 bits per heavy atom. The van der Waals surface area contributed by atoms with Crippen LogP contribution in [-0.4, -0.2) is 18.7 Å². The SMILES string of the molecule is CCCCCCOc1ccc(C2CCC(OC(=O)c3ccc(C4CCC(C)CC4)c(F)c3F)CC2)cc1F. The van der Waals surface area contributed by atoms with Crippen molar-refractivity contribution in [2.45, 2.75) is 109 Å². The van der Waals surface area contributed by atoms with Gasteiger partial charge in [0.1, 0.15) is 6.10 Å². The molecule has 0 aliphatic heterocycles. The molecule has 0 atom stereocenters. The summed E-state index contributed by atoms with van der Waals surface area (Å²) in [6.07, 6.45) is 10.2. The van der Waals surface area contributed by atoms with Gasteiger partial charge in [-0.25, -0.2) is 18.0 Å². The number of ether oxygens (including phenoxy) is 2. The van der Waals surface area contributed by atoms with Gasteiger partial charge in [-0.15, -0.1) is 0 Å². The standard InChI is InChI=1S/C32H41F3O3/c1-3-4-5-6-19-37-29-18-13-24(20-28(29)33)22-11-14-25(15-12-22)38-32(36)27-17-16-26(30(34)31(27)35)23-9-7-21(2)8-10-23/h13,16-18,20-23,25H,3-12,14-15,19H2,1-2H3. The fourth-order valence-electron chi connectivity index (χ4n) is 5.94. The highest BCUT2D eigenvalue weighted by Gasteiger charge is 2.29. The van der Waals surface area contributed by atoms with Crippen molar-refractivity contribution in [2.24, 2.45) is 5.92 Å². The van der Waals surface area contributed by atoms with E-state index in [4.69, 9.17) is 9.47 Å². The third-order valence-electron chi connectivity index (χ3n) is 8.42. The third kappa shape index (κ3) is 7.12. The topological polar surface area (TPSA) is 35.5 Å². The molecule has 0 unspecified atom stereocenters. The van der Waals surface area contributed by atoms with E-state index in [2.05, 4.69) is 13.8 Å². The minimum atomic E-state index is -1.11. The fourth-order valence-corrected chi connectivity index (χ4v) is 5.94. The molecule has 2 aromatic rings. The summed E-state index contributed by atoms with van der Waals surface area (Å²) in [5.41, 5.74) is 0.933. The van der Waals surface area contributed by atoms with Gasteiger partial charge in [-0.05, 0) is 92.0 Å². The number of hydrogen-bond donors (Lipinski definition) is 0. The predicted octanol–water partition coefficient (Wildman–Crippen LogP) is 9.24. The Bertz CT molecular complexity index is 1070. The molecular weight excluding hydrogens is 489 g/mol. The lowest BCUT2D eigenvalue weighted by atomic mass is 9.79. The van der Waals surface area contributed by atoms with Gasteiger partial charge in [0.15, 0.2) is 23.2 Å². The Balaban J connectivity index is 1.28. The smallest absolute Gasteiger partial charge is 0.341 e. The zero-order valence-electron chi connectivity index (χ0n) is 22.7. The second-order valence-electron chi connectivity index (χ2n) is 11.3. The summed E-state index contributed by atoms with van der Waals surface area (Å²) < 4.78 is 55.5. The molecule has 208 valence electrons. The second-order valence-corrected chi connectivity index (χ2v) is 11.3. The Hall–Kier alpha value is -2.50. The quantitative estimate of drug-likeness (QED) is 0.227. The lowest BCUT2D eigenvalue weighted by Crippen LogP contribution is -2.25. The maximum Gasteiger partial charge on any atom is 0.341 e. The second kappa shape index (κ2) is 13.5. The van der Waals surface area contributed by atoms with Gasteiger partial charge in [-0.3, -0.25) is 0 Å². The van der Waals surface area contributed by atoms with Crippen LogP contribution in [-0.2, 0) is 4.74 Å². The predicted molar refractivity (Wildman–Crippen MR) is 143 cm³/mol. The highest BCUT2D eigenvalue weighted by atomic mass is 19.2. The molecule has 2 aliphatic rings. The van der Waals surface area contributed by atoms with Gasteiger partial charge in [0.25, 0.3) is 0 Å². The minimum Gasteiger partial charge on any atom is -0.491 e. The van der Waals surface area contributed by atoms with E-state index >= 15 is 0 Å². The molecule has 4 rings (SSSR count). The van der Waals surface area contributed by atoms with Crippen molar-refractivity contribution in [1.82, 2.24) is 0 Å². The van der Waals surface area contributed by atoms with Crippen LogP contribution in [0.2, 0.25) is 0 Å². The van der Waals surface area contributed by atoms with E-state index in [9.17, 15) is 18.0 Å². The fraction of sp³-hybridized carbons (Fsp3) is 0.594. The van der Waals surface area contributed by atoms with Gasteiger partial charge < -0.3 is 9.47 Å². The molecule has 0 saturated heterocycles. The van der Waals surface area contributed by atoms with E-state index < -0.39 is 17.6 Å². The van der Waals surface area contributed by atoms with E-state index in [1.165, 1.54) is 6.07 Å². The zero-order valence-corrected chi connectivity index (χ0v) is 22.7. The molecule has 0 bridgehead atoms. The first-order valence-corrected chi connectivity index (χ1v) is 14.5. The van der Waals surface area contributed by atoms with Crippen LogP contribution in [0.25, 0.3) is 0 Å². The van der Waals surface area contributed by atoms with Crippen molar-refractivity contribution < 1.29 is 27.4 Å². The van der Waals surface area contributed by atoms with E-state index in [0.717, 1.165) is 69.8 Å². The molecule has 0 aromatic heterocycles. The van der Waals surface area contributed by atoms with Crippen molar-refractivity contribution in [3.63, 3.8) is 0 Å². The van der Waals surface area contributed by atoms with Crippen LogP contribution >= 0.6 is 0 Å². The van der Waals surface area contributed by atoms with Crippen molar-refractivity contribution in [3.8, 4) is 5.75 Å². The molecule has 6 heteroatoms. The molecule has 0 heterocycles. The van der Waals surface area contributed by atoms with Gasteiger partial charge in [0, 0.05) is 0 Å². The van der Waals surface area contributed by atoms with Gasteiger partial charge in [0.05, 0.1) is 12.2 Å². The number of carbonyl (C=O) groups excluding carboxylic acids is 1. The number of carbonyl (C=O) groups is 1. The Morgan fingerprint density at radius 2 is 1.55 bits per heavy atom. The summed E-state index contributed by atoms with van der Waals surface area (Å²) in [5, 5.41) is 0. The van der Waals surface area contributed by atoms with E-state index in [0.29, 0.717) is 30.9 Å². The first-order chi connectivity index (χ1) is 18.4. The summed E-state index contributed by atoms with van der Waals surface area (Å²) in [5.74, 6) is -2.15. The number of hydrogen-bond acceptors (Lipinski definition) is 3. The number of rotatable bonds is 10. The summed E-state index contributed by atoms with van der Waals surface area (Å²) in [6, 6.07) is 8.08. The molecule has 2 aliphatic carbocycles. The lowest BCUT2D eigenvalue weighted by Gasteiger charge is -2.29. The highest BCUT2D eigenvalue weighted by Crippen LogP contribution is 2.38. The van der Waals surface area contributed by atoms with Crippen molar-refractivity contribution in [1.29, 1.82) is 0 Å². The summed E-state index contributed by atoms with van der Waals surface area (Å²) in [4.78, 5) is 12.7. The molecule has 0 amide bonds. The molecule has 2 saturated carbocycles. The third-order valence-corrected chi connectivity index (χ3v) is 8.42. The van der Waals surface area contributed by atoms with Crippen molar-refractivity contribution in [3.05, 3.63) is 64.5 Å². The number of halogens is 3. The molecule has 0 spiro atoms. The molecule has 0 radical (unpaired) electrons. The van der Waals surface area contributed by atoms with Gasteiger partial charge in [0.2, 0.25) is 0 Å². The first-order valence-electron chi connectivity index (χ1n) is 14.5. The van der Waals surface area contributed by atoms with Crippen LogP contribution < -0.4 is 4.74 Å². The maximum absolute atomic E-state index is 14.9. The zero-order chi connectivity index (χ0) is 27.1. The minimum absolute atomic E-state index is 0.00249. The lowest BCUT2D eigenvalue weighted by molar-refractivity contribution is 0.0189. The number of unbranched alkanes of at least 4 members (excludes halogenated alkanes) is 3. The van der Waals surface area contributed by atoms with E-state index in [1.807, 2.05) is 6.07 Å². The van der Waals surface area contributed by atoms with Crippen LogP contribution in [0.15, 0.2) is 30.3 Å². The molecule has 0 N–H and O–H groups in total. The first kappa shape index (κ1) is 28.5. The molecule has 38 heavy (non-hydrogen) atoms. The van der Waals surface area contributed by atoms with Crippen LogP contribution in [0, 0.1) is 23.4 Å². The molecular formula is C32H41F3O3. The normalized spacial score (nSPS) is 23.7. The number of esters is 1. The Kier molecular flexibility index (Phi) is 10.1. The summed E-state index contributed by atoms with van der Waals surface area (Å²) in [6.45, 7) is 4.84. The van der Waals surface area contributed by atoms with Crippen LogP contribution in [0.3, 0.4) is 0 Å². The van der Waals surface area contributed by atoms with Crippen LogP contribution in [0.4, 0.5) is 13.2 Å². The van der Waals surface area contributed by atoms with E-state index in [-0.39, 0.29) is 35.1 Å². The van der Waals surface area contributed by atoms with Gasteiger partial charge >= 0.3 is 5.97 Å². The largest absolute Gasteiger partial charge is 0.491 e. The van der Waals surface area contributed by atoms with Crippen LogP contribution in [0.5, 0.6) is 5.75 Å². The highest BCUT2D eigenvalue weighted by molar-refractivity contribution is 5.90. The van der Waals surface area contributed by atoms with E-state index in [1.54, 1.807) is 18.2 Å². The Labute approximate surface area is 225 Å². The molecule has 2 fully saturated rings. The van der Waals surface area contributed by atoms with Crippen LogP contribution in [0.1, 0.15) is 124 Å². The Morgan fingerprint density at radius 3 is 2.24 bits per heavy atom. The maximum atomic E-state index is 14.9. The summed E-state index contributed by atoms with van der Waals surface area (Å²) >= 11 is 0. The molecule has 3 nitrogen and oxygen atoms in total. The van der Waals surface area contributed by atoms with Crippen molar-refractivity contribution >= 4 is 5.97 Å². The van der Waals surface area contributed by atoms with Gasteiger partial charge in [-0.1, -0.05) is 58.1 Å². The average Bonchev–Trinajstić information content (AvgIpc) is 2.92. The monoisotopic (exact) mass is 530 g/mol. The summed E-state index contributed by atoms with van der Waals surface area (Å²) in [7, 11) is 0. The average molecular weight is 531 g/mol. The van der Waals surface area contributed by atoms with Crippen molar-refractivity contribution in [2.75, 3.05) is 6.61 Å². The van der Waals surface area contributed by atoms with Gasteiger partial charge in [-0.2, -0.15) is 0 Å². The molecule has 2 aromatic carbocycles.